The van der Waals surface area contributed by atoms with E-state index in [2.05, 4.69) is 0 Å². The first-order valence-corrected chi connectivity index (χ1v) is 6.46. The Morgan fingerprint density at radius 2 is 1.94 bits per heavy atom. The Bertz CT molecular complexity index is 490. The molecule has 1 rings (SSSR count). The van der Waals surface area contributed by atoms with Crippen molar-refractivity contribution in [2.24, 2.45) is 0 Å². The molecule has 0 radical (unpaired) electrons. The van der Waals surface area contributed by atoms with E-state index in [1.165, 1.54) is 0 Å². The zero-order chi connectivity index (χ0) is 13.1. The predicted molar refractivity (Wildman–Crippen MR) is 59.7 cm³/mol. The number of sulfonamides is 1. The van der Waals surface area contributed by atoms with Crippen molar-refractivity contribution in [2.45, 2.75) is 10.9 Å². The van der Waals surface area contributed by atoms with Crippen LogP contribution in [0.1, 0.15) is 0 Å². The summed E-state index contributed by atoms with van der Waals surface area (Å²) < 4.78 is 38.3. The Kier molecular flexibility index (Phi) is 4.84. The van der Waals surface area contributed by atoms with E-state index in [-0.39, 0.29) is 9.92 Å². The Morgan fingerprint density at radius 1 is 1.35 bits per heavy atom. The van der Waals surface area contributed by atoms with E-state index >= 15 is 0 Å². The highest BCUT2D eigenvalue weighted by atomic mass is 35.5. The standard InChI is InChI=1S/C9H11ClFNO4S/c10-8-3-6(11)1-2-9(8)17(15,16)12-7(4-13)5-14/h1-3,7,12-14H,4-5H2. The lowest BCUT2D eigenvalue weighted by atomic mass is 10.3. The van der Waals surface area contributed by atoms with E-state index in [9.17, 15) is 12.8 Å². The average Bonchev–Trinajstić information content (AvgIpc) is 2.25. The fourth-order valence-corrected chi connectivity index (χ4v) is 2.86. The molecule has 5 nitrogen and oxygen atoms in total. The first kappa shape index (κ1) is 14.3. The van der Waals surface area contributed by atoms with Gasteiger partial charge in [0, 0.05) is 0 Å². The SMILES string of the molecule is O=S(=O)(NC(CO)CO)c1ccc(F)cc1Cl. The zero-order valence-electron chi connectivity index (χ0n) is 8.60. The van der Waals surface area contributed by atoms with E-state index in [4.69, 9.17) is 21.8 Å². The summed E-state index contributed by atoms with van der Waals surface area (Å²) in [6.45, 7) is -1.12. The van der Waals surface area contributed by atoms with E-state index < -0.39 is 35.1 Å². The van der Waals surface area contributed by atoms with Crippen LogP contribution in [0.2, 0.25) is 5.02 Å². The molecule has 8 heteroatoms. The summed E-state index contributed by atoms with van der Waals surface area (Å²) in [4.78, 5) is -0.313. The molecule has 0 aliphatic heterocycles. The smallest absolute Gasteiger partial charge is 0.242 e. The third-order valence-corrected chi connectivity index (χ3v) is 3.95. The van der Waals surface area contributed by atoms with Crippen LogP contribution in [0.4, 0.5) is 4.39 Å². The van der Waals surface area contributed by atoms with Gasteiger partial charge in [-0.1, -0.05) is 11.6 Å². The fourth-order valence-electron chi connectivity index (χ4n) is 1.11. The van der Waals surface area contributed by atoms with Crippen molar-refractivity contribution in [3.05, 3.63) is 29.0 Å². The number of halogens is 2. The van der Waals surface area contributed by atoms with Crippen molar-refractivity contribution in [3.63, 3.8) is 0 Å². The average molecular weight is 284 g/mol. The molecule has 0 aromatic heterocycles. The topological polar surface area (TPSA) is 86.6 Å². The van der Waals surface area contributed by atoms with E-state index in [1.807, 2.05) is 4.72 Å². The Balaban J connectivity index is 3.05. The molecular weight excluding hydrogens is 273 g/mol. The van der Waals surface area contributed by atoms with Crippen LogP contribution in [0.5, 0.6) is 0 Å². The monoisotopic (exact) mass is 283 g/mol. The molecule has 0 fully saturated rings. The normalized spacial score (nSPS) is 12.1. The third-order valence-electron chi connectivity index (χ3n) is 1.95. The highest BCUT2D eigenvalue weighted by molar-refractivity contribution is 7.89. The molecule has 0 bridgehead atoms. The van der Waals surface area contributed by atoms with Crippen LogP contribution in [-0.2, 0) is 10.0 Å². The van der Waals surface area contributed by atoms with Crippen molar-refractivity contribution >= 4 is 21.6 Å². The molecule has 0 spiro atoms. The lowest BCUT2D eigenvalue weighted by Crippen LogP contribution is -2.40. The molecule has 1 aromatic rings. The van der Waals surface area contributed by atoms with Gasteiger partial charge in [0.2, 0.25) is 10.0 Å². The maximum atomic E-state index is 12.8. The minimum Gasteiger partial charge on any atom is -0.395 e. The van der Waals surface area contributed by atoms with E-state index in [0.29, 0.717) is 0 Å². The highest BCUT2D eigenvalue weighted by Gasteiger charge is 2.21. The van der Waals surface area contributed by atoms with Crippen LogP contribution in [0.15, 0.2) is 23.1 Å². The number of hydrogen-bond acceptors (Lipinski definition) is 4. The molecule has 17 heavy (non-hydrogen) atoms. The van der Waals surface area contributed by atoms with Gasteiger partial charge in [-0.25, -0.2) is 17.5 Å². The maximum absolute atomic E-state index is 12.8. The van der Waals surface area contributed by atoms with Crippen molar-refractivity contribution in [2.75, 3.05) is 13.2 Å². The lowest BCUT2D eigenvalue weighted by molar-refractivity contribution is 0.185. The largest absolute Gasteiger partial charge is 0.395 e. The molecule has 96 valence electrons. The zero-order valence-corrected chi connectivity index (χ0v) is 10.2. The predicted octanol–water partition coefficient (Wildman–Crippen LogP) is 0.111. The van der Waals surface area contributed by atoms with Crippen LogP contribution in [0.25, 0.3) is 0 Å². The Hall–Kier alpha value is -0.730. The van der Waals surface area contributed by atoms with Gasteiger partial charge in [-0.05, 0) is 18.2 Å². The van der Waals surface area contributed by atoms with Gasteiger partial charge >= 0.3 is 0 Å². The summed E-state index contributed by atoms with van der Waals surface area (Å²) in [5.41, 5.74) is 0. The highest BCUT2D eigenvalue weighted by Crippen LogP contribution is 2.22. The first-order chi connectivity index (χ1) is 7.90. The van der Waals surface area contributed by atoms with Gasteiger partial charge in [-0.15, -0.1) is 0 Å². The van der Waals surface area contributed by atoms with Crippen LogP contribution in [0.3, 0.4) is 0 Å². The summed E-state index contributed by atoms with van der Waals surface area (Å²) in [6, 6.07) is 1.79. The van der Waals surface area contributed by atoms with E-state index in [1.54, 1.807) is 0 Å². The quantitative estimate of drug-likeness (QED) is 0.716. The molecule has 0 unspecified atom stereocenters. The Morgan fingerprint density at radius 3 is 2.41 bits per heavy atom. The van der Waals surface area contributed by atoms with E-state index in [0.717, 1.165) is 18.2 Å². The van der Waals surface area contributed by atoms with Crippen LogP contribution in [-0.4, -0.2) is 37.9 Å². The van der Waals surface area contributed by atoms with Gasteiger partial charge in [-0.2, -0.15) is 0 Å². The number of nitrogens with one attached hydrogen (secondary N) is 1. The molecule has 0 aliphatic carbocycles. The van der Waals surface area contributed by atoms with Crippen molar-refractivity contribution in [1.29, 1.82) is 0 Å². The van der Waals surface area contributed by atoms with Crippen molar-refractivity contribution in [3.8, 4) is 0 Å². The summed E-state index contributed by atoms with van der Waals surface area (Å²) in [5, 5.41) is 17.3. The van der Waals surface area contributed by atoms with Gasteiger partial charge in [-0.3, -0.25) is 0 Å². The second-order valence-corrected chi connectivity index (χ2v) is 5.35. The Labute approximate surface area is 103 Å². The van der Waals surface area contributed by atoms with Gasteiger partial charge in [0.15, 0.2) is 0 Å². The minimum atomic E-state index is -4.00. The van der Waals surface area contributed by atoms with Crippen molar-refractivity contribution in [1.82, 2.24) is 4.72 Å². The third kappa shape index (κ3) is 3.62. The molecule has 0 saturated carbocycles. The van der Waals surface area contributed by atoms with Gasteiger partial charge in [0.25, 0.3) is 0 Å². The molecule has 3 N–H and O–H groups in total. The van der Waals surface area contributed by atoms with Crippen molar-refractivity contribution < 1.29 is 23.0 Å². The van der Waals surface area contributed by atoms with Crippen LogP contribution < -0.4 is 4.72 Å². The molecule has 0 atom stereocenters. The molecular formula is C9H11ClFNO4S. The molecule has 0 aliphatic rings. The number of rotatable bonds is 5. The minimum absolute atomic E-state index is 0.271. The van der Waals surface area contributed by atoms with Crippen LogP contribution in [0, 0.1) is 5.82 Å². The number of hydrogen-bond donors (Lipinski definition) is 3. The van der Waals surface area contributed by atoms with Gasteiger partial charge < -0.3 is 10.2 Å². The van der Waals surface area contributed by atoms with Gasteiger partial charge in [0.1, 0.15) is 10.7 Å². The second kappa shape index (κ2) is 5.74. The first-order valence-electron chi connectivity index (χ1n) is 4.60. The maximum Gasteiger partial charge on any atom is 0.242 e. The lowest BCUT2D eigenvalue weighted by Gasteiger charge is -2.14. The summed E-state index contributed by atoms with van der Waals surface area (Å²) in [6.07, 6.45) is 0. The number of aliphatic hydroxyl groups excluding tert-OH is 2. The summed E-state index contributed by atoms with van der Waals surface area (Å²) in [7, 11) is -4.00. The summed E-state index contributed by atoms with van der Waals surface area (Å²) >= 11 is 5.60. The molecule has 1 aromatic carbocycles. The molecule has 0 saturated heterocycles. The molecule has 0 amide bonds. The van der Waals surface area contributed by atoms with Crippen LogP contribution >= 0.6 is 11.6 Å². The molecule has 0 heterocycles. The number of aliphatic hydroxyl groups is 2. The number of benzene rings is 1. The second-order valence-electron chi connectivity index (χ2n) is 3.26. The fraction of sp³-hybridized carbons (Fsp3) is 0.333. The summed E-state index contributed by atoms with van der Waals surface area (Å²) in [5.74, 6) is -0.658. The van der Waals surface area contributed by atoms with Gasteiger partial charge in [0.05, 0.1) is 24.3 Å².